The molecule has 2 unspecified atom stereocenters. The smallest absolute Gasteiger partial charge is 0.0722 e. The third kappa shape index (κ3) is 1.74. The van der Waals surface area contributed by atoms with Gasteiger partial charge in [-0.15, -0.1) is 0 Å². The van der Waals surface area contributed by atoms with Gasteiger partial charge >= 0.3 is 0 Å². The molecule has 0 saturated heterocycles. The Morgan fingerprint density at radius 1 is 0.741 bits per heavy atom. The van der Waals surface area contributed by atoms with E-state index in [0.29, 0.717) is 5.92 Å². The summed E-state index contributed by atoms with van der Waals surface area (Å²) in [5.74, 6) is 0.563. The molecule has 0 aromatic heterocycles. The molecule has 0 nitrogen and oxygen atoms in total. The van der Waals surface area contributed by atoms with Crippen LogP contribution in [0.1, 0.15) is 42.0 Å². The Bertz CT molecular complexity index is 1130. The van der Waals surface area contributed by atoms with Crippen molar-refractivity contribution in [1.29, 1.82) is 0 Å². The molecular weight excluding hydrogens is 324 g/mol. The number of fused-ring (bicyclic) bond motifs is 8. The number of rotatable bonds is 0. The maximum absolute atomic E-state index is 2.42. The highest BCUT2D eigenvalue weighted by atomic mass is 14.5. The number of hydrogen-bond acceptors (Lipinski definition) is 0. The van der Waals surface area contributed by atoms with E-state index in [0.717, 1.165) is 12.8 Å². The summed E-state index contributed by atoms with van der Waals surface area (Å²) in [7, 11) is 0. The highest BCUT2D eigenvalue weighted by Crippen LogP contribution is 2.63. The summed E-state index contributed by atoms with van der Waals surface area (Å²) in [5, 5.41) is 0. The molecule has 4 aliphatic carbocycles. The fourth-order valence-corrected chi connectivity index (χ4v) is 5.75. The van der Waals surface area contributed by atoms with Crippen LogP contribution < -0.4 is 0 Å². The van der Waals surface area contributed by atoms with Crippen molar-refractivity contribution < 1.29 is 0 Å². The second-order valence-corrected chi connectivity index (χ2v) is 8.08. The molecule has 0 heterocycles. The van der Waals surface area contributed by atoms with Gasteiger partial charge in [0.2, 0.25) is 0 Å². The molecule has 4 aliphatic rings. The van der Waals surface area contributed by atoms with Crippen LogP contribution in [0.3, 0.4) is 0 Å². The summed E-state index contributed by atoms with van der Waals surface area (Å²) in [4.78, 5) is 0. The van der Waals surface area contributed by atoms with Gasteiger partial charge in [-0.05, 0) is 63.3 Å². The first-order valence-corrected chi connectivity index (χ1v) is 10.0. The summed E-state index contributed by atoms with van der Waals surface area (Å²) in [6.07, 6.45) is 16.3. The second kappa shape index (κ2) is 5.33. The van der Waals surface area contributed by atoms with E-state index in [1.165, 1.54) is 39.0 Å². The maximum Gasteiger partial charge on any atom is 0.0722 e. The molecule has 0 saturated carbocycles. The van der Waals surface area contributed by atoms with Crippen molar-refractivity contribution in [1.82, 2.24) is 0 Å². The normalized spacial score (nSPS) is 26.9. The van der Waals surface area contributed by atoms with Gasteiger partial charge in [0.05, 0.1) is 5.41 Å². The average molecular weight is 346 g/mol. The van der Waals surface area contributed by atoms with Crippen LogP contribution in [0.15, 0.2) is 96.1 Å². The van der Waals surface area contributed by atoms with Crippen molar-refractivity contribution in [2.24, 2.45) is 5.92 Å². The lowest BCUT2D eigenvalue weighted by Gasteiger charge is -2.33. The van der Waals surface area contributed by atoms with Gasteiger partial charge in [0.15, 0.2) is 0 Å². The van der Waals surface area contributed by atoms with Crippen LogP contribution in [0.2, 0.25) is 0 Å². The van der Waals surface area contributed by atoms with Crippen molar-refractivity contribution >= 4 is 11.1 Å². The van der Waals surface area contributed by atoms with Crippen LogP contribution in [0, 0.1) is 5.92 Å². The SMILES string of the molecule is CC1CC=CC2=C1c1ccccc1C21C2=C(C=CCC=C2)c2ccccc21. The predicted molar refractivity (Wildman–Crippen MR) is 113 cm³/mol. The zero-order valence-electron chi connectivity index (χ0n) is 15.6. The molecule has 0 fully saturated rings. The molecule has 1 spiro atoms. The topological polar surface area (TPSA) is 0 Å². The van der Waals surface area contributed by atoms with Crippen LogP contribution in [0.25, 0.3) is 11.1 Å². The molecule has 2 aromatic rings. The molecule has 27 heavy (non-hydrogen) atoms. The zero-order valence-corrected chi connectivity index (χ0v) is 15.6. The summed E-state index contributed by atoms with van der Waals surface area (Å²) in [5.41, 5.74) is 11.5. The predicted octanol–water partition coefficient (Wildman–Crippen LogP) is 6.62. The quantitative estimate of drug-likeness (QED) is 0.503. The largest absolute Gasteiger partial charge is 0.0836 e. The third-order valence-electron chi connectivity index (χ3n) is 6.74. The molecule has 0 heteroatoms. The van der Waals surface area contributed by atoms with E-state index in [1.807, 2.05) is 0 Å². The van der Waals surface area contributed by atoms with E-state index in [2.05, 4.69) is 91.9 Å². The fraction of sp³-hybridized carbons (Fsp3) is 0.185. The van der Waals surface area contributed by atoms with Crippen LogP contribution in [-0.4, -0.2) is 0 Å². The van der Waals surface area contributed by atoms with Crippen molar-refractivity contribution in [3.05, 3.63) is 118 Å². The summed E-state index contributed by atoms with van der Waals surface area (Å²) >= 11 is 0. The Balaban J connectivity index is 1.82. The van der Waals surface area contributed by atoms with Crippen molar-refractivity contribution in [2.45, 2.75) is 25.2 Å². The van der Waals surface area contributed by atoms with Crippen molar-refractivity contribution in [2.75, 3.05) is 0 Å². The Morgan fingerprint density at radius 3 is 2.26 bits per heavy atom. The zero-order chi connectivity index (χ0) is 18.0. The van der Waals surface area contributed by atoms with Crippen LogP contribution >= 0.6 is 0 Å². The van der Waals surface area contributed by atoms with Gasteiger partial charge in [-0.3, -0.25) is 0 Å². The van der Waals surface area contributed by atoms with E-state index in [1.54, 1.807) is 5.57 Å². The van der Waals surface area contributed by atoms with Crippen molar-refractivity contribution in [3.8, 4) is 0 Å². The summed E-state index contributed by atoms with van der Waals surface area (Å²) in [6.45, 7) is 2.38. The lowest BCUT2D eigenvalue weighted by atomic mass is 9.67. The highest BCUT2D eigenvalue weighted by Gasteiger charge is 2.53. The van der Waals surface area contributed by atoms with Crippen LogP contribution in [0.4, 0.5) is 0 Å². The monoisotopic (exact) mass is 346 g/mol. The molecule has 6 rings (SSSR count). The Labute approximate surface area is 160 Å². The Morgan fingerprint density at radius 2 is 1.41 bits per heavy atom. The van der Waals surface area contributed by atoms with E-state index in [4.69, 9.17) is 0 Å². The second-order valence-electron chi connectivity index (χ2n) is 8.08. The fourth-order valence-electron chi connectivity index (χ4n) is 5.75. The first kappa shape index (κ1) is 15.2. The van der Waals surface area contributed by atoms with E-state index in [9.17, 15) is 0 Å². The lowest BCUT2D eigenvalue weighted by Crippen LogP contribution is -2.28. The Hall–Kier alpha value is -2.86. The molecule has 0 radical (unpaired) electrons. The average Bonchev–Trinajstić information content (AvgIpc) is 3.01. The minimum atomic E-state index is -0.159. The molecule has 2 atom stereocenters. The number of hydrogen-bond donors (Lipinski definition) is 0. The highest BCUT2D eigenvalue weighted by molar-refractivity contribution is 5.99. The van der Waals surface area contributed by atoms with Gasteiger partial charge in [0.25, 0.3) is 0 Å². The van der Waals surface area contributed by atoms with Crippen LogP contribution in [-0.2, 0) is 5.41 Å². The van der Waals surface area contributed by atoms with Gasteiger partial charge < -0.3 is 0 Å². The van der Waals surface area contributed by atoms with E-state index >= 15 is 0 Å². The maximum atomic E-state index is 2.42. The Kier molecular flexibility index (Phi) is 3.00. The molecular formula is C27H22. The first-order chi connectivity index (χ1) is 13.3. The van der Waals surface area contributed by atoms with Crippen LogP contribution in [0.5, 0.6) is 0 Å². The molecule has 0 amide bonds. The van der Waals surface area contributed by atoms with Crippen molar-refractivity contribution in [3.63, 3.8) is 0 Å². The van der Waals surface area contributed by atoms with Gasteiger partial charge in [-0.2, -0.15) is 0 Å². The molecule has 130 valence electrons. The molecule has 0 N–H and O–H groups in total. The minimum Gasteiger partial charge on any atom is -0.0836 e. The first-order valence-electron chi connectivity index (χ1n) is 10.0. The number of allylic oxidation sites excluding steroid dienone is 10. The van der Waals surface area contributed by atoms with E-state index < -0.39 is 0 Å². The van der Waals surface area contributed by atoms with Gasteiger partial charge in [0, 0.05) is 0 Å². The van der Waals surface area contributed by atoms with E-state index in [-0.39, 0.29) is 5.41 Å². The molecule has 0 bridgehead atoms. The summed E-state index contributed by atoms with van der Waals surface area (Å²) in [6, 6.07) is 18.2. The molecule has 0 aliphatic heterocycles. The van der Waals surface area contributed by atoms with Gasteiger partial charge in [-0.25, -0.2) is 0 Å². The summed E-state index contributed by atoms with van der Waals surface area (Å²) < 4.78 is 0. The van der Waals surface area contributed by atoms with Gasteiger partial charge in [0.1, 0.15) is 0 Å². The lowest BCUT2D eigenvalue weighted by molar-refractivity contribution is 0.728. The number of benzene rings is 2. The molecule has 2 aromatic carbocycles. The third-order valence-corrected chi connectivity index (χ3v) is 6.74. The standard InChI is InChI=1S/C27H22/c1-18-10-9-17-25-26(18)21-13-6-8-16-24(21)27(25)22-14-4-2-3-11-19(22)20-12-5-7-15-23(20)27/h3-9,11-18H,2,10H2,1H3. The van der Waals surface area contributed by atoms with Gasteiger partial charge in [-0.1, -0.05) is 91.9 Å². The minimum absolute atomic E-state index is 0.159.